The van der Waals surface area contributed by atoms with Crippen LogP contribution in [0.15, 0.2) is 54.6 Å². The van der Waals surface area contributed by atoms with Gasteiger partial charge < -0.3 is 15.8 Å². The summed E-state index contributed by atoms with van der Waals surface area (Å²) in [6.45, 7) is 0. The Kier molecular flexibility index (Phi) is 6.05. The molecule has 1 fully saturated rings. The molecule has 0 aliphatic carbocycles. The molecule has 7 nitrogen and oxygen atoms in total. The molecule has 0 radical (unpaired) electrons. The monoisotopic (exact) mass is 368 g/mol. The number of hydrogen-bond acceptors (Lipinski definition) is 5. The van der Waals surface area contributed by atoms with Gasteiger partial charge in [0.05, 0.1) is 7.11 Å². The van der Waals surface area contributed by atoms with E-state index < -0.39 is 18.0 Å². The summed E-state index contributed by atoms with van der Waals surface area (Å²) in [5, 5.41) is 2.76. The summed E-state index contributed by atoms with van der Waals surface area (Å²) in [5.74, 6) is -0.0210. The largest absolute Gasteiger partial charge is 0.497 e. The third-order valence-electron chi connectivity index (χ3n) is 4.68. The molecular weight excluding hydrogens is 344 g/mol. The first-order valence-electron chi connectivity index (χ1n) is 8.85. The first-order chi connectivity index (χ1) is 13.1. The molecule has 1 saturated heterocycles. The SMILES string of the molecule is COc1ccc(C2CC(C(=O)N[C@@H](Cc3ccccc3)C(N)=O)NN2)cc1. The molecule has 0 aromatic heterocycles. The van der Waals surface area contributed by atoms with Gasteiger partial charge in [-0.15, -0.1) is 0 Å². The summed E-state index contributed by atoms with van der Waals surface area (Å²) in [5.41, 5.74) is 13.6. The average molecular weight is 368 g/mol. The number of hydrazine groups is 1. The van der Waals surface area contributed by atoms with Gasteiger partial charge in [0.1, 0.15) is 17.8 Å². The van der Waals surface area contributed by atoms with Crippen molar-refractivity contribution in [1.29, 1.82) is 0 Å². The van der Waals surface area contributed by atoms with E-state index in [1.54, 1.807) is 7.11 Å². The van der Waals surface area contributed by atoms with E-state index in [9.17, 15) is 9.59 Å². The topological polar surface area (TPSA) is 105 Å². The fraction of sp³-hybridized carbons (Fsp3) is 0.300. The highest BCUT2D eigenvalue weighted by molar-refractivity contribution is 5.89. The van der Waals surface area contributed by atoms with Crippen molar-refractivity contribution >= 4 is 11.8 Å². The number of carbonyl (C=O) groups excluding carboxylic acids is 2. The number of primary amides is 1. The molecule has 2 amide bonds. The van der Waals surface area contributed by atoms with Crippen LogP contribution in [0, 0.1) is 0 Å². The lowest BCUT2D eigenvalue weighted by Gasteiger charge is -2.18. The molecular formula is C20H24N4O3. The van der Waals surface area contributed by atoms with Crippen LogP contribution in [0.5, 0.6) is 5.75 Å². The first-order valence-corrected chi connectivity index (χ1v) is 8.85. The fourth-order valence-corrected chi connectivity index (χ4v) is 3.13. The van der Waals surface area contributed by atoms with Gasteiger partial charge in [0.25, 0.3) is 0 Å². The Labute approximate surface area is 158 Å². The van der Waals surface area contributed by atoms with E-state index in [0.29, 0.717) is 12.8 Å². The summed E-state index contributed by atoms with van der Waals surface area (Å²) in [6.07, 6.45) is 0.930. The molecule has 2 aromatic carbocycles. The minimum absolute atomic E-state index is 0.00666. The number of rotatable bonds is 7. The fourth-order valence-electron chi connectivity index (χ4n) is 3.13. The Morgan fingerprint density at radius 1 is 1.15 bits per heavy atom. The van der Waals surface area contributed by atoms with Gasteiger partial charge in [0.2, 0.25) is 11.8 Å². The second-order valence-electron chi connectivity index (χ2n) is 6.56. The zero-order valence-electron chi connectivity index (χ0n) is 15.1. The summed E-state index contributed by atoms with van der Waals surface area (Å²) in [4.78, 5) is 24.3. The van der Waals surface area contributed by atoms with Gasteiger partial charge in [-0.1, -0.05) is 42.5 Å². The van der Waals surface area contributed by atoms with Gasteiger partial charge in [-0.05, 0) is 29.7 Å². The molecule has 1 aliphatic rings. The lowest BCUT2D eigenvalue weighted by atomic mass is 10.0. The predicted octanol–water partition coefficient (Wildman–Crippen LogP) is 0.816. The number of nitrogens with one attached hydrogen (secondary N) is 3. The first kappa shape index (κ1) is 18.9. The van der Waals surface area contributed by atoms with E-state index in [4.69, 9.17) is 10.5 Å². The van der Waals surface area contributed by atoms with E-state index in [2.05, 4.69) is 16.2 Å². The Bertz CT molecular complexity index is 780. The molecule has 3 atom stereocenters. The van der Waals surface area contributed by atoms with Crippen LogP contribution >= 0.6 is 0 Å². The molecule has 1 heterocycles. The van der Waals surface area contributed by atoms with Crippen LogP contribution in [-0.2, 0) is 16.0 Å². The number of hydrogen-bond donors (Lipinski definition) is 4. The molecule has 1 aliphatic heterocycles. The van der Waals surface area contributed by atoms with Crippen molar-refractivity contribution < 1.29 is 14.3 Å². The van der Waals surface area contributed by atoms with E-state index in [1.165, 1.54) is 0 Å². The average Bonchev–Trinajstić information content (AvgIpc) is 3.18. The van der Waals surface area contributed by atoms with Crippen LogP contribution < -0.4 is 26.6 Å². The normalized spacial score (nSPS) is 20.0. The quantitative estimate of drug-likeness (QED) is 0.579. The maximum absolute atomic E-state index is 12.6. The van der Waals surface area contributed by atoms with Crippen LogP contribution in [-0.4, -0.2) is 31.0 Å². The summed E-state index contributed by atoms with van der Waals surface area (Å²) in [6, 6.07) is 15.9. The van der Waals surface area contributed by atoms with Crippen molar-refractivity contribution in [3.63, 3.8) is 0 Å². The minimum Gasteiger partial charge on any atom is -0.497 e. The smallest absolute Gasteiger partial charge is 0.240 e. The molecule has 2 aromatic rings. The predicted molar refractivity (Wildman–Crippen MR) is 102 cm³/mol. The second-order valence-corrected chi connectivity index (χ2v) is 6.56. The lowest BCUT2D eigenvalue weighted by Crippen LogP contribution is -2.52. The van der Waals surface area contributed by atoms with Crippen LogP contribution in [0.3, 0.4) is 0 Å². The third-order valence-corrected chi connectivity index (χ3v) is 4.68. The molecule has 142 valence electrons. The summed E-state index contributed by atoms with van der Waals surface area (Å²) < 4.78 is 5.16. The Morgan fingerprint density at radius 2 is 1.85 bits per heavy atom. The van der Waals surface area contributed by atoms with Crippen molar-refractivity contribution in [2.75, 3.05) is 7.11 Å². The maximum atomic E-state index is 12.6. The van der Waals surface area contributed by atoms with Crippen molar-refractivity contribution in [1.82, 2.24) is 16.2 Å². The van der Waals surface area contributed by atoms with E-state index >= 15 is 0 Å². The van der Waals surface area contributed by atoms with Crippen LogP contribution in [0.1, 0.15) is 23.6 Å². The highest BCUT2D eigenvalue weighted by Crippen LogP contribution is 2.24. The summed E-state index contributed by atoms with van der Waals surface area (Å²) >= 11 is 0. The molecule has 5 N–H and O–H groups in total. The number of carbonyl (C=O) groups is 2. The molecule has 0 spiro atoms. The van der Waals surface area contributed by atoms with E-state index in [1.807, 2.05) is 54.6 Å². The van der Waals surface area contributed by atoms with Gasteiger partial charge in [0.15, 0.2) is 0 Å². The number of nitrogens with two attached hydrogens (primary N) is 1. The maximum Gasteiger partial charge on any atom is 0.240 e. The molecule has 27 heavy (non-hydrogen) atoms. The van der Waals surface area contributed by atoms with E-state index in [-0.39, 0.29) is 11.9 Å². The Morgan fingerprint density at radius 3 is 2.48 bits per heavy atom. The third kappa shape index (κ3) is 4.84. The number of methoxy groups -OCH3 is 1. The molecule has 3 rings (SSSR count). The standard InChI is InChI=1S/C20H24N4O3/c1-27-15-9-7-14(8-10-15)16-12-18(24-23-16)20(26)22-17(19(21)25)11-13-5-3-2-4-6-13/h2-10,16-18,23-24H,11-12H2,1H3,(H2,21,25)(H,22,26)/t16?,17-,18?/m0/s1. The Balaban J connectivity index is 1.59. The van der Waals surface area contributed by atoms with Crippen LogP contribution in [0.25, 0.3) is 0 Å². The minimum atomic E-state index is -0.748. The highest BCUT2D eigenvalue weighted by atomic mass is 16.5. The van der Waals surface area contributed by atoms with Crippen molar-refractivity contribution in [2.45, 2.75) is 31.0 Å². The summed E-state index contributed by atoms with van der Waals surface area (Å²) in [7, 11) is 1.62. The van der Waals surface area contributed by atoms with Gasteiger partial charge >= 0.3 is 0 Å². The number of benzene rings is 2. The number of amides is 2. The van der Waals surface area contributed by atoms with E-state index in [0.717, 1.165) is 16.9 Å². The zero-order valence-corrected chi connectivity index (χ0v) is 15.1. The lowest BCUT2D eigenvalue weighted by molar-refractivity contribution is -0.128. The highest BCUT2D eigenvalue weighted by Gasteiger charge is 2.32. The van der Waals surface area contributed by atoms with Crippen molar-refractivity contribution in [2.24, 2.45) is 5.73 Å². The zero-order chi connectivity index (χ0) is 19.2. The van der Waals surface area contributed by atoms with Crippen LogP contribution in [0.2, 0.25) is 0 Å². The van der Waals surface area contributed by atoms with Gasteiger partial charge in [-0.2, -0.15) is 0 Å². The number of ether oxygens (including phenoxy) is 1. The van der Waals surface area contributed by atoms with Gasteiger partial charge in [0, 0.05) is 12.5 Å². The Hall–Kier alpha value is -2.90. The van der Waals surface area contributed by atoms with Crippen molar-refractivity contribution in [3.05, 3.63) is 65.7 Å². The second kappa shape index (κ2) is 8.66. The molecule has 0 saturated carbocycles. The molecule has 7 heteroatoms. The van der Waals surface area contributed by atoms with Crippen LogP contribution in [0.4, 0.5) is 0 Å². The van der Waals surface area contributed by atoms with Gasteiger partial charge in [-0.25, -0.2) is 10.9 Å². The molecule has 2 unspecified atom stereocenters. The van der Waals surface area contributed by atoms with Gasteiger partial charge in [-0.3, -0.25) is 9.59 Å². The molecule has 0 bridgehead atoms. The van der Waals surface area contributed by atoms with Crippen molar-refractivity contribution in [3.8, 4) is 5.75 Å².